The number of rotatable bonds is 6. The second kappa shape index (κ2) is 7.02. The van der Waals surface area contributed by atoms with Crippen LogP contribution in [0, 0.1) is 6.92 Å². The van der Waals surface area contributed by atoms with E-state index in [1.165, 1.54) is 0 Å². The molecule has 0 radical (unpaired) electrons. The SMILES string of the molecule is C=C1OC(CN(C)CCN)CN1c1ccc(-c2noc(C)n2)cc1. The van der Waals surface area contributed by atoms with E-state index < -0.39 is 0 Å². The van der Waals surface area contributed by atoms with E-state index in [1.807, 2.05) is 31.3 Å². The molecule has 0 bridgehead atoms. The summed E-state index contributed by atoms with van der Waals surface area (Å²) < 4.78 is 10.9. The fourth-order valence-corrected chi connectivity index (χ4v) is 2.81. The van der Waals surface area contributed by atoms with E-state index in [9.17, 15) is 0 Å². The predicted molar refractivity (Wildman–Crippen MR) is 92.4 cm³/mol. The molecule has 1 unspecified atom stereocenters. The van der Waals surface area contributed by atoms with Gasteiger partial charge >= 0.3 is 0 Å². The number of aryl methyl sites for hydroxylation is 1. The average Bonchev–Trinajstić information content (AvgIpc) is 3.14. The highest BCUT2D eigenvalue weighted by atomic mass is 16.5. The summed E-state index contributed by atoms with van der Waals surface area (Å²) in [6.07, 6.45) is 0.0913. The first-order chi connectivity index (χ1) is 11.6. The van der Waals surface area contributed by atoms with Crippen LogP contribution < -0.4 is 10.6 Å². The van der Waals surface area contributed by atoms with E-state index in [4.69, 9.17) is 15.0 Å². The number of aromatic nitrogens is 2. The lowest BCUT2D eigenvalue weighted by Gasteiger charge is -2.19. The third kappa shape index (κ3) is 3.58. The van der Waals surface area contributed by atoms with Gasteiger partial charge in [-0.3, -0.25) is 0 Å². The molecular weight excluding hydrogens is 306 g/mol. The molecule has 1 saturated heterocycles. The van der Waals surface area contributed by atoms with Gasteiger partial charge in [0.15, 0.2) is 5.88 Å². The van der Waals surface area contributed by atoms with Crippen molar-refractivity contribution in [1.82, 2.24) is 15.0 Å². The minimum atomic E-state index is 0.0913. The molecule has 1 fully saturated rings. The molecule has 1 atom stereocenters. The maximum atomic E-state index is 5.87. The Hall–Kier alpha value is -2.38. The van der Waals surface area contributed by atoms with Crippen molar-refractivity contribution in [2.24, 2.45) is 5.73 Å². The van der Waals surface area contributed by atoms with Gasteiger partial charge in [0.05, 0.1) is 6.54 Å². The molecule has 0 saturated carbocycles. The largest absolute Gasteiger partial charge is 0.473 e. The standard InChI is InChI=1S/C17H23N5O2/c1-12-19-17(20-24-12)14-4-6-15(7-5-14)22-11-16(23-13(22)2)10-21(3)9-8-18/h4-7,16H,2,8-11,18H2,1,3H3. The quantitative estimate of drug-likeness (QED) is 0.862. The van der Waals surface area contributed by atoms with Crippen LogP contribution in [0.4, 0.5) is 5.69 Å². The first kappa shape index (κ1) is 16.5. The Kier molecular flexibility index (Phi) is 4.82. The number of hydrogen-bond donors (Lipinski definition) is 1. The first-order valence-electron chi connectivity index (χ1n) is 7.99. The van der Waals surface area contributed by atoms with Crippen LogP contribution in [0.15, 0.2) is 41.3 Å². The third-order valence-electron chi connectivity index (χ3n) is 3.98. The molecule has 1 aromatic carbocycles. The number of ether oxygens (including phenoxy) is 1. The molecule has 7 heteroatoms. The van der Waals surface area contributed by atoms with E-state index in [0.29, 0.717) is 24.1 Å². The van der Waals surface area contributed by atoms with E-state index in [0.717, 1.165) is 30.9 Å². The van der Waals surface area contributed by atoms with Gasteiger partial charge in [0.1, 0.15) is 6.10 Å². The van der Waals surface area contributed by atoms with Crippen molar-refractivity contribution in [3.8, 4) is 11.4 Å². The van der Waals surface area contributed by atoms with Crippen molar-refractivity contribution in [3.05, 3.63) is 42.6 Å². The van der Waals surface area contributed by atoms with E-state index in [2.05, 4.69) is 26.5 Å². The lowest BCUT2D eigenvalue weighted by Crippen LogP contribution is -2.35. The fourth-order valence-electron chi connectivity index (χ4n) is 2.81. The molecule has 1 aromatic heterocycles. The summed E-state index contributed by atoms with van der Waals surface area (Å²) in [7, 11) is 2.04. The molecule has 0 spiro atoms. The lowest BCUT2D eigenvalue weighted by molar-refractivity contribution is 0.128. The molecular formula is C17H23N5O2. The number of nitrogens with two attached hydrogens (primary N) is 1. The van der Waals surface area contributed by atoms with Crippen LogP contribution in [0.1, 0.15) is 5.89 Å². The van der Waals surface area contributed by atoms with Crippen LogP contribution in [-0.4, -0.2) is 54.4 Å². The number of likely N-dealkylation sites (N-methyl/N-ethyl adjacent to an activating group) is 1. The number of hydrogen-bond acceptors (Lipinski definition) is 7. The van der Waals surface area contributed by atoms with E-state index >= 15 is 0 Å². The molecule has 2 N–H and O–H groups in total. The maximum absolute atomic E-state index is 5.87. The average molecular weight is 329 g/mol. The van der Waals surface area contributed by atoms with Crippen molar-refractivity contribution in [1.29, 1.82) is 0 Å². The van der Waals surface area contributed by atoms with Crippen LogP contribution in [0.3, 0.4) is 0 Å². The zero-order valence-electron chi connectivity index (χ0n) is 14.1. The van der Waals surface area contributed by atoms with Gasteiger partial charge < -0.3 is 24.8 Å². The van der Waals surface area contributed by atoms with Gasteiger partial charge in [-0.15, -0.1) is 0 Å². The minimum absolute atomic E-state index is 0.0913. The van der Waals surface area contributed by atoms with Crippen LogP contribution in [0.2, 0.25) is 0 Å². The predicted octanol–water partition coefficient (Wildman–Crippen LogP) is 1.61. The van der Waals surface area contributed by atoms with Gasteiger partial charge in [-0.2, -0.15) is 4.98 Å². The number of anilines is 1. The van der Waals surface area contributed by atoms with Crippen molar-refractivity contribution in [2.45, 2.75) is 13.0 Å². The molecule has 3 rings (SSSR count). The smallest absolute Gasteiger partial charge is 0.223 e. The van der Waals surface area contributed by atoms with Crippen LogP contribution in [-0.2, 0) is 4.74 Å². The molecule has 128 valence electrons. The fraction of sp³-hybridized carbons (Fsp3) is 0.412. The Bertz CT molecular complexity index is 697. The molecule has 0 amide bonds. The van der Waals surface area contributed by atoms with Crippen LogP contribution >= 0.6 is 0 Å². The van der Waals surface area contributed by atoms with Crippen LogP contribution in [0.25, 0.3) is 11.4 Å². The summed E-state index contributed by atoms with van der Waals surface area (Å²) >= 11 is 0. The van der Waals surface area contributed by atoms with Crippen LogP contribution in [0.5, 0.6) is 0 Å². The molecule has 7 nitrogen and oxygen atoms in total. The monoisotopic (exact) mass is 329 g/mol. The Labute approximate surface area is 141 Å². The second-order valence-electron chi connectivity index (χ2n) is 5.98. The van der Waals surface area contributed by atoms with Crippen molar-refractivity contribution < 1.29 is 9.26 Å². The highest BCUT2D eigenvalue weighted by Crippen LogP contribution is 2.28. The summed E-state index contributed by atoms with van der Waals surface area (Å²) in [6.45, 7) is 8.89. The summed E-state index contributed by atoms with van der Waals surface area (Å²) in [5.41, 5.74) is 7.54. The molecule has 24 heavy (non-hydrogen) atoms. The molecule has 1 aliphatic heterocycles. The summed E-state index contributed by atoms with van der Waals surface area (Å²) in [6, 6.07) is 7.98. The van der Waals surface area contributed by atoms with Gasteiger partial charge in [0.2, 0.25) is 11.7 Å². The second-order valence-corrected chi connectivity index (χ2v) is 5.98. The Morgan fingerprint density at radius 1 is 1.38 bits per heavy atom. The Morgan fingerprint density at radius 2 is 2.12 bits per heavy atom. The highest BCUT2D eigenvalue weighted by molar-refractivity contribution is 5.61. The summed E-state index contributed by atoms with van der Waals surface area (Å²) in [4.78, 5) is 8.48. The summed E-state index contributed by atoms with van der Waals surface area (Å²) in [5, 5.41) is 3.93. The number of nitrogens with zero attached hydrogens (tertiary/aromatic N) is 4. The van der Waals surface area contributed by atoms with Gasteiger partial charge in [-0.05, 0) is 37.9 Å². The Morgan fingerprint density at radius 3 is 2.75 bits per heavy atom. The van der Waals surface area contributed by atoms with Gasteiger partial charge in [0, 0.05) is 37.8 Å². The normalized spacial score (nSPS) is 17.6. The maximum Gasteiger partial charge on any atom is 0.223 e. The highest BCUT2D eigenvalue weighted by Gasteiger charge is 2.28. The van der Waals surface area contributed by atoms with Crippen molar-refractivity contribution in [2.75, 3.05) is 38.1 Å². The Balaban J connectivity index is 1.67. The molecule has 2 aromatic rings. The zero-order valence-corrected chi connectivity index (χ0v) is 14.1. The van der Waals surface area contributed by atoms with Crippen molar-refractivity contribution >= 4 is 5.69 Å². The van der Waals surface area contributed by atoms with Gasteiger partial charge in [0.25, 0.3) is 0 Å². The molecule has 2 heterocycles. The molecule has 0 aliphatic carbocycles. The third-order valence-corrected chi connectivity index (χ3v) is 3.98. The topological polar surface area (TPSA) is 80.7 Å². The van der Waals surface area contributed by atoms with Crippen molar-refractivity contribution in [3.63, 3.8) is 0 Å². The zero-order chi connectivity index (χ0) is 17.1. The number of benzene rings is 1. The lowest BCUT2D eigenvalue weighted by atomic mass is 10.2. The van der Waals surface area contributed by atoms with Gasteiger partial charge in [-0.1, -0.05) is 5.16 Å². The van der Waals surface area contributed by atoms with E-state index in [-0.39, 0.29) is 6.10 Å². The minimum Gasteiger partial charge on any atom is -0.473 e. The summed E-state index contributed by atoms with van der Waals surface area (Å²) in [5.74, 6) is 1.82. The molecule has 1 aliphatic rings. The van der Waals surface area contributed by atoms with Gasteiger partial charge in [-0.25, -0.2) is 0 Å². The van der Waals surface area contributed by atoms with E-state index in [1.54, 1.807) is 6.92 Å². The first-order valence-corrected chi connectivity index (χ1v) is 7.99.